The van der Waals surface area contributed by atoms with E-state index in [9.17, 15) is 19.5 Å². The molecule has 0 aromatic carbocycles. The van der Waals surface area contributed by atoms with Gasteiger partial charge >= 0.3 is 17.9 Å². The number of ether oxygens (including phenoxy) is 5. The normalized spacial score (nSPS) is 29.5. The Labute approximate surface area is 173 Å². The summed E-state index contributed by atoms with van der Waals surface area (Å²) in [5, 5.41) is 18.2. The molecule has 1 aliphatic heterocycles. The first-order chi connectivity index (χ1) is 13.9. The number of hydrogen-bond acceptors (Lipinski definition) is 10. The lowest BCUT2D eigenvalue weighted by molar-refractivity contribution is -0.289. The van der Waals surface area contributed by atoms with Gasteiger partial charge in [0, 0.05) is 24.8 Å². The molecule has 5 atom stereocenters. The van der Waals surface area contributed by atoms with E-state index in [0.29, 0.717) is 0 Å². The Hall–Kier alpha value is -1.33. The standard InChI is InChI=1S/C14H18Cl3NO9/c1-5(19)23-4-8-9(22)10(24-6(2)20)11(25-7(3)21)12(26-8)27-13(18)14(15,16)17/h8-12,18,22H,4H2,1-3H3/t8-,9-,10+,11-,12?/m1/s1/i1D,2D,3D. The third-order valence-electron chi connectivity index (χ3n) is 3.05. The van der Waals surface area contributed by atoms with Crippen LogP contribution in [0.2, 0.25) is 0 Å². The van der Waals surface area contributed by atoms with Gasteiger partial charge in [-0.05, 0) is 0 Å². The van der Waals surface area contributed by atoms with Crippen LogP contribution < -0.4 is 0 Å². The molecule has 0 aliphatic carbocycles. The molecule has 1 heterocycles. The van der Waals surface area contributed by atoms with E-state index in [1.54, 1.807) is 0 Å². The summed E-state index contributed by atoms with van der Waals surface area (Å²) in [5.41, 5.74) is 0. The van der Waals surface area contributed by atoms with E-state index >= 15 is 0 Å². The van der Waals surface area contributed by atoms with E-state index in [4.69, 9.17) is 68.0 Å². The van der Waals surface area contributed by atoms with Crippen LogP contribution >= 0.6 is 34.8 Å². The van der Waals surface area contributed by atoms with Gasteiger partial charge in [-0.2, -0.15) is 0 Å². The first-order valence-corrected chi connectivity index (χ1v) is 8.16. The molecular formula is C14H18Cl3NO9. The summed E-state index contributed by atoms with van der Waals surface area (Å²) in [4.78, 5) is 34.5. The Morgan fingerprint density at radius 3 is 2.15 bits per heavy atom. The van der Waals surface area contributed by atoms with Crippen LogP contribution in [0.3, 0.4) is 0 Å². The maximum atomic E-state index is 11.6. The van der Waals surface area contributed by atoms with Gasteiger partial charge in [-0.1, -0.05) is 34.8 Å². The zero-order valence-electron chi connectivity index (χ0n) is 16.6. The highest BCUT2D eigenvalue weighted by molar-refractivity contribution is 6.76. The number of alkyl halides is 3. The minimum atomic E-state index is -2.36. The van der Waals surface area contributed by atoms with Crippen LogP contribution in [-0.2, 0) is 38.1 Å². The third-order valence-corrected chi connectivity index (χ3v) is 3.57. The largest absolute Gasteiger partial charge is 0.463 e. The highest BCUT2D eigenvalue weighted by Crippen LogP contribution is 2.32. The van der Waals surface area contributed by atoms with Gasteiger partial charge in [0.1, 0.15) is 18.8 Å². The number of carbonyl (C=O) groups excluding carboxylic acids is 3. The van der Waals surface area contributed by atoms with Gasteiger partial charge in [-0.25, -0.2) is 0 Å². The Morgan fingerprint density at radius 2 is 1.63 bits per heavy atom. The fraction of sp³-hybridized carbons (Fsp3) is 0.714. The lowest BCUT2D eigenvalue weighted by Crippen LogP contribution is -2.62. The summed E-state index contributed by atoms with van der Waals surface area (Å²) in [7, 11) is 0. The van der Waals surface area contributed by atoms with Crippen molar-refractivity contribution in [1.29, 1.82) is 5.41 Å². The van der Waals surface area contributed by atoms with Crippen molar-refractivity contribution in [3.63, 3.8) is 0 Å². The zero-order chi connectivity index (χ0) is 23.1. The quantitative estimate of drug-likeness (QED) is 0.204. The second-order valence-corrected chi connectivity index (χ2v) is 7.35. The second kappa shape index (κ2) is 9.74. The second-order valence-electron chi connectivity index (χ2n) is 5.07. The van der Waals surface area contributed by atoms with Crippen molar-refractivity contribution in [3.8, 4) is 0 Å². The third kappa shape index (κ3) is 7.30. The van der Waals surface area contributed by atoms with Crippen molar-refractivity contribution in [3.05, 3.63) is 0 Å². The van der Waals surface area contributed by atoms with Crippen molar-refractivity contribution in [2.75, 3.05) is 6.61 Å². The van der Waals surface area contributed by atoms with Gasteiger partial charge < -0.3 is 28.8 Å². The molecule has 0 radical (unpaired) electrons. The summed E-state index contributed by atoms with van der Waals surface area (Å²) >= 11 is 16.7. The zero-order valence-corrected chi connectivity index (χ0v) is 15.8. The van der Waals surface area contributed by atoms with E-state index in [0.717, 1.165) is 0 Å². The fourth-order valence-corrected chi connectivity index (χ4v) is 2.18. The molecule has 1 aliphatic rings. The van der Waals surface area contributed by atoms with E-state index in [-0.39, 0.29) is 0 Å². The molecule has 1 fully saturated rings. The van der Waals surface area contributed by atoms with Crippen molar-refractivity contribution < 1.29 is 47.3 Å². The summed E-state index contributed by atoms with van der Waals surface area (Å²) in [6, 6.07) is 0. The van der Waals surface area contributed by atoms with E-state index in [1.165, 1.54) is 0 Å². The van der Waals surface area contributed by atoms with Gasteiger partial charge in [-0.15, -0.1) is 0 Å². The topological polar surface area (TPSA) is 141 Å². The van der Waals surface area contributed by atoms with Crippen LogP contribution in [0.25, 0.3) is 0 Å². The molecule has 1 unspecified atom stereocenters. The Bertz CT molecular complexity index is 652. The fourth-order valence-electron chi connectivity index (χ4n) is 2.04. The summed E-state index contributed by atoms with van der Waals surface area (Å²) in [5.74, 6) is -4.19. The number of halogens is 3. The smallest absolute Gasteiger partial charge is 0.303 e. The van der Waals surface area contributed by atoms with Gasteiger partial charge in [0.25, 0.3) is 3.79 Å². The number of aliphatic hydroxyl groups is 1. The maximum absolute atomic E-state index is 11.6. The predicted octanol–water partition coefficient (Wildman–Crippen LogP) is 0.863. The SMILES string of the molecule is [2H]CC(=O)OC[C@H]1OC(OC(=N)C(Cl)(Cl)Cl)[C@H](OC(=O)C[2H])[C@@H](OC(=O)C[2H])[C@@H]1O. The first kappa shape index (κ1) is 19.0. The van der Waals surface area contributed by atoms with E-state index in [1.807, 2.05) is 0 Å². The summed E-state index contributed by atoms with van der Waals surface area (Å²) < 4.78 is 43.7. The monoisotopic (exact) mass is 452 g/mol. The lowest BCUT2D eigenvalue weighted by Gasteiger charge is -2.42. The molecule has 0 spiro atoms. The number of esters is 3. The van der Waals surface area contributed by atoms with Crippen molar-refractivity contribution >= 4 is 58.6 Å². The average molecular weight is 454 g/mol. The number of nitrogens with one attached hydrogen (secondary N) is 1. The molecule has 10 nitrogen and oxygen atoms in total. The van der Waals surface area contributed by atoms with Crippen LogP contribution in [0, 0.1) is 5.41 Å². The van der Waals surface area contributed by atoms with Crippen LogP contribution in [0.4, 0.5) is 0 Å². The van der Waals surface area contributed by atoms with Gasteiger partial charge in [0.05, 0.1) is 0 Å². The number of hydrogen-bond donors (Lipinski definition) is 2. The predicted molar refractivity (Wildman–Crippen MR) is 91.5 cm³/mol. The van der Waals surface area contributed by atoms with Crippen molar-refractivity contribution in [1.82, 2.24) is 0 Å². The molecule has 2 N–H and O–H groups in total. The molecule has 0 aromatic rings. The Kier molecular flexibility index (Phi) is 6.86. The van der Waals surface area contributed by atoms with Crippen LogP contribution in [0.5, 0.6) is 0 Å². The van der Waals surface area contributed by atoms with Gasteiger partial charge in [-0.3, -0.25) is 19.8 Å². The van der Waals surface area contributed by atoms with Gasteiger partial charge in [0.2, 0.25) is 18.3 Å². The molecule has 1 rings (SSSR count). The van der Waals surface area contributed by atoms with Crippen LogP contribution in [0.1, 0.15) is 24.8 Å². The highest BCUT2D eigenvalue weighted by Gasteiger charge is 2.52. The van der Waals surface area contributed by atoms with E-state index in [2.05, 4.69) is 0 Å². The summed E-state index contributed by atoms with van der Waals surface area (Å²) in [6.07, 6.45) is -8.44. The minimum absolute atomic E-state index is 0.631. The first-order valence-electron chi connectivity index (χ1n) is 9.14. The van der Waals surface area contributed by atoms with Crippen LogP contribution in [0.15, 0.2) is 0 Å². The van der Waals surface area contributed by atoms with Crippen LogP contribution in [-0.4, -0.2) is 70.0 Å². The highest BCUT2D eigenvalue weighted by atomic mass is 35.6. The minimum Gasteiger partial charge on any atom is -0.463 e. The average Bonchev–Trinajstić information content (AvgIpc) is 2.69. The number of carbonyl (C=O) groups is 3. The Morgan fingerprint density at radius 1 is 1.07 bits per heavy atom. The molecular weight excluding hydrogens is 433 g/mol. The molecule has 1 saturated heterocycles. The lowest BCUT2D eigenvalue weighted by atomic mass is 9.98. The molecule has 13 heteroatoms. The van der Waals surface area contributed by atoms with Crippen molar-refractivity contribution in [2.24, 2.45) is 0 Å². The molecule has 0 aromatic heterocycles. The molecule has 154 valence electrons. The number of aliphatic hydroxyl groups excluding tert-OH is 1. The molecule has 0 bridgehead atoms. The Balaban J connectivity index is 3.22. The van der Waals surface area contributed by atoms with Crippen molar-refractivity contribution in [2.45, 2.75) is 55.2 Å². The molecule has 0 amide bonds. The maximum Gasteiger partial charge on any atom is 0.303 e. The van der Waals surface area contributed by atoms with E-state index < -0.39 is 85.6 Å². The summed E-state index contributed by atoms with van der Waals surface area (Å²) in [6.45, 7) is -3.06. The molecule has 0 saturated carbocycles. The number of rotatable bonds is 5. The van der Waals surface area contributed by atoms with Gasteiger partial charge in [0.15, 0.2) is 6.10 Å². The molecule has 27 heavy (non-hydrogen) atoms.